The van der Waals surface area contributed by atoms with Crippen LogP contribution >= 0.6 is 0 Å². The number of amides is 1. The Labute approximate surface area is 159 Å². The van der Waals surface area contributed by atoms with Crippen molar-refractivity contribution >= 4 is 16.7 Å². The van der Waals surface area contributed by atoms with Gasteiger partial charge < -0.3 is 10.0 Å². The number of nitrogens with zero attached hydrogens (tertiary/aromatic N) is 5. The average Bonchev–Trinajstić information content (AvgIpc) is 3.38. The summed E-state index contributed by atoms with van der Waals surface area (Å²) in [6.07, 6.45) is 2.48. The monoisotopic (exact) mass is 375 g/mol. The van der Waals surface area contributed by atoms with Crippen LogP contribution in [0.1, 0.15) is 43.2 Å². The number of carbonyl (C=O) groups excluding carboxylic acids is 1. The lowest BCUT2D eigenvalue weighted by Gasteiger charge is -2.27. The van der Waals surface area contributed by atoms with E-state index in [1.807, 2.05) is 6.07 Å². The van der Waals surface area contributed by atoms with Crippen molar-refractivity contribution in [2.75, 3.05) is 6.54 Å². The number of hydrogen-bond acceptors (Lipinski definition) is 5. The highest BCUT2D eigenvalue weighted by atomic mass is 16.3. The van der Waals surface area contributed by atoms with Gasteiger partial charge in [0.25, 0.3) is 0 Å². The average molecular weight is 375 g/mol. The van der Waals surface area contributed by atoms with Gasteiger partial charge in [-0.1, -0.05) is 31.2 Å². The summed E-state index contributed by atoms with van der Waals surface area (Å²) in [7, 11) is 0. The number of imidazole rings is 1. The Kier molecular flexibility index (Phi) is 3.37. The van der Waals surface area contributed by atoms with E-state index in [1.54, 1.807) is 34.6 Å². The number of hydrogen-bond donors (Lipinski definition) is 1. The maximum atomic E-state index is 13.2. The zero-order valence-electron chi connectivity index (χ0n) is 15.2. The van der Waals surface area contributed by atoms with Gasteiger partial charge in [-0.2, -0.15) is 5.26 Å². The van der Waals surface area contributed by atoms with Gasteiger partial charge in [0.2, 0.25) is 11.8 Å². The fourth-order valence-corrected chi connectivity index (χ4v) is 4.59. The van der Waals surface area contributed by atoms with Crippen LogP contribution in [0.4, 0.5) is 0 Å². The normalized spacial score (nSPS) is 19.8. The summed E-state index contributed by atoms with van der Waals surface area (Å²) in [5.74, 6) is -0.147. The molecule has 1 fully saturated rings. The third-order valence-corrected chi connectivity index (χ3v) is 5.80. The van der Waals surface area contributed by atoms with Crippen LogP contribution in [-0.2, 0) is 4.79 Å². The second-order valence-electron chi connectivity index (χ2n) is 7.15. The molecule has 28 heavy (non-hydrogen) atoms. The fourth-order valence-electron chi connectivity index (χ4n) is 4.59. The SMILES string of the molecule is CCC(=O)N1C[C@@H]2C[C@H]1c1c(O)n(-c3cnc(C#N)c4ccccc34)c(=O)n12. The van der Waals surface area contributed by atoms with Crippen molar-refractivity contribution in [1.29, 1.82) is 5.26 Å². The van der Waals surface area contributed by atoms with Crippen molar-refractivity contribution in [2.24, 2.45) is 0 Å². The van der Waals surface area contributed by atoms with Crippen molar-refractivity contribution in [3.8, 4) is 17.6 Å². The van der Waals surface area contributed by atoms with E-state index in [2.05, 4.69) is 11.1 Å². The van der Waals surface area contributed by atoms with E-state index in [0.29, 0.717) is 41.5 Å². The summed E-state index contributed by atoms with van der Waals surface area (Å²) in [6.45, 7) is 2.29. The predicted octanol–water partition coefficient (Wildman–Crippen LogP) is 2.00. The minimum absolute atomic E-state index is 0.0174. The van der Waals surface area contributed by atoms with Crippen LogP contribution in [0.5, 0.6) is 5.88 Å². The molecule has 0 aliphatic carbocycles. The Morgan fingerprint density at radius 2 is 2.11 bits per heavy atom. The molecule has 8 nitrogen and oxygen atoms in total. The summed E-state index contributed by atoms with van der Waals surface area (Å²) < 4.78 is 2.84. The molecular weight excluding hydrogens is 358 g/mol. The number of aromatic hydroxyl groups is 1. The second kappa shape index (κ2) is 5.70. The summed E-state index contributed by atoms with van der Waals surface area (Å²) in [5.41, 5.74) is 0.821. The molecule has 1 N–H and O–H groups in total. The van der Waals surface area contributed by atoms with E-state index in [1.165, 1.54) is 10.8 Å². The van der Waals surface area contributed by atoms with E-state index >= 15 is 0 Å². The predicted molar refractivity (Wildman–Crippen MR) is 100 cm³/mol. The molecule has 0 spiro atoms. The third kappa shape index (κ3) is 1.96. The van der Waals surface area contributed by atoms with Crippen LogP contribution in [-0.4, -0.2) is 36.6 Å². The molecule has 140 valence electrons. The molecule has 2 aliphatic heterocycles. The Hall–Kier alpha value is -3.60. The highest BCUT2D eigenvalue weighted by molar-refractivity contribution is 5.93. The van der Waals surface area contributed by atoms with Crippen molar-refractivity contribution in [1.82, 2.24) is 19.0 Å². The van der Waals surface area contributed by atoms with Crippen LogP contribution in [0.15, 0.2) is 35.3 Å². The van der Waals surface area contributed by atoms with Gasteiger partial charge in [0.15, 0.2) is 0 Å². The molecule has 1 saturated heterocycles. The molecule has 1 aromatic carbocycles. The smallest absolute Gasteiger partial charge is 0.336 e. The van der Waals surface area contributed by atoms with Crippen molar-refractivity contribution in [3.05, 3.63) is 52.3 Å². The number of pyridine rings is 1. The van der Waals surface area contributed by atoms with E-state index in [4.69, 9.17) is 0 Å². The maximum Gasteiger partial charge on any atom is 0.336 e. The topological polar surface area (TPSA) is 104 Å². The summed E-state index contributed by atoms with van der Waals surface area (Å²) in [5, 5.41) is 21.6. The van der Waals surface area contributed by atoms with Crippen molar-refractivity contribution in [3.63, 3.8) is 0 Å². The lowest BCUT2D eigenvalue weighted by Crippen LogP contribution is -2.37. The highest BCUT2D eigenvalue weighted by Gasteiger charge is 2.48. The number of nitriles is 1. The number of rotatable bonds is 2. The Morgan fingerprint density at radius 1 is 1.36 bits per heavy atom. The minimum atomic E-state index is -0.347. The Bertz CT molecular complexity index is 1250. The third-order valence-electron chi connectivity index (χ3n) is 5.80. The van der Waals surface area contributed by atoms with Gasteiger partial charge in [-0.05, 0) is 6.42 Å². The van der Waals surface area contributed by atoms with Gasteiger partial charge in [0, 0.05) is 23.7 Å². The molecule has 3 aromatic rings. The lowest BCUT2D eigenvalue weighted by molar-refractivity contribution is -0.132. The first-order valence-corrected chi connectivity index (χ1v) is 9.20. The minimum Gasteiger partial charge on any atom is -0.493 e. The Morgan fingerprint density at radius 3 is 2.82 bits per heavy atom. The fraction of sp³-hybridized carbons (Fsp3) is 0.300. The summed E-state index contributed by atoms with van der Waals surface area (Å²) >= 11 is 0. The molecule has 2 bridgehead atoms. The van der Waals surface area contributed by atoms with Gasteiger partial charge >= 0.3 is 5.69 Å². The quantitative estimate of drug-likeness (QED) is 0.738. The molecule has 8 heteroatoms. The van der Waals surface area contributed by atoms with E-state index in [0.717, 1.165) is 0 Å². The van der Waals surface area contributed by atoms with Gasteiger partial charge in [0.1, 0.15) is 17.5 Å². The van der Waals surface area contributed by atoms with Crippen molar-refractivity contribution in [2.45, 2.75) is 31.8 Å². The number of likely N-dealkylation sites (tertiary alicyclic amines) is 1. The van der Waals surface area contributed by atoms with Crippen LogP contribution < -0.4 is 5.69 Å². The first-order chi connectivity index (χ1) is 13.6. The van der Waals surface area contributed by atoms with Gasteiger partial charge in [0.05, 0.1) is 24.0 Å². The molecular formula is C20H17N5O3. The molecule has 2 aromatic heterocycles. The standard InChI is InChI=1S/C20H17N5O3/c1-2-17(26)23-10-11-7-15(23)18-19(27)25(20(28)24(11)18)16-9-22-14(8-21)12-5-3-4-6-13(12)16/h3-6,9,11,15,27H,2,7,10H2,1H3/t11-,15-/m0/s1. The molecule has 2 aliphatic rings. The summed E-state index contributed by atoms with van der Waals surface area (Å²) in [6, 6.07) is 8.80. The first kappa shape index (κ1) is 16.6. The van der Waals surface area contributed by atoms with Crippen LogP contribution in [0.25, 0.3) is 16.5 Å². The number of carbonyl (C=O) groups is 1. The van der Waals surface area contributed by atoms with Gasteiger partial charge in [-0.3, -0.25) is 9.36 Å². The first-order valence-electron chi connectivity index (χ1n) is 9.20. The van der Waals surface area contributed by atoms with E-state index in [9.17, 15) is 20.0 Å². The molecule has 0 saturated carbocycles. The Balaban J connectivity index is 1.74. The second-order valence-corrected chi connectivity index (χ2v) is 7.15. The van der Waals surface area contributed by atoms with Crippen molar-refractivity contribution < 1.29 is 9.90 Å². The molecule has 1 amide bonds. The van der Waals surface area contributed by atoms with Crippen LogP contribution in [0.3, 0.4) is 0 Å². The van der Waals surface area contributed by atoms with E-state index < -0.39 is 0 Å². The molecule has 0 unspecified atom stereocenters. The maximum absolute atomic E-state index is 13.2. The summed E-state index contributed by atoms with van der Waals surface area (Å²) in [4.78, 5) is 31.3. The van der Waals surface area contributed by atoms with Gasteiger partial charge in [-0.25, -0.2) is 14.3 Å². The number of benzene rings is 1. The van der Waals surface area contributed by atoms with Crippen LogP contribution in [0.2, 0.25) is 0 Å². The highest BCUT2D eigenvalue weighted by Crippen LogP contribution is 2.48. The largest absolute Gasteiger partial charge is 0.493 e. The number of aromatic nitrogens is 3. The molecule has 2 atom stereocenters. The van der Waals surface area contributed by atoms with Crippen LogP contribution in [0, 0.1) is 11.3 Å². The van der Waals surface area contributed by atoms with Gasteiger partial charge in [-0.15, -0.1) is 0 Å². The zero-order chi connectivity index (χ0) is 19.6. The lowest BCUT2D eigenvalue weighted by atomic mass is 10.1. The van der Waals surface area contributed by atoms with E-state index in [-0.39, 0.29) is 35.3 Å². The molecule has 0 radical (unpaired) electrons. The zero-order valence-corrected chi connectivity index (χ0v) is 15.2. The molecule has 5 rings (SSSR count). The number of fused-ring (bicyclic) bond motifs is 6. The molecule has 4 heterocycles.